The molecule has 0 aliphatic carbocycles. The van der Waals surface area contributed by atoms with Crippen LogP contribution in [0.3, 0.4) is 0 Å². The van der Waals surface area contributed by atoms with Gasteiger partial charge in [-0.25, -0.2) is 0 Å². The van der Waals surface area contributed by atoms with E-state index in [1.165, 1.54) is 3.61 Å². The minimum Gasteiger partial charge on any atom is -1.00 e. The summed E-state index contributed by atoms with van der Waals surface area (Å²) in [5, 5.41) is 0. The summed E-state index contributed by atoms with van der Waals surface area (Å²) in [5.74, 6) is 0.375. The van der Waals surface area contributed by atoms with Gasteiger partial charge in [0.1, 0.15) is 0 Å². The van der Waals surface area contributed by atoms with E-state index in [2.05, 4.69) is 11.0 Å². The number of carbonyl (C=O) groups excluding carboxylic acids is 1. The first kappa shape index (κ1) is 10.5. The monoisotopic (exact) mass is 390 g/mol. The summed E-state index contributed by atoms with van der Waals surface area (Å²) in [4.78, 5) is 13.6. The molecule has 3 heteroatoms. The molecular formula is C9H9IOTe. The third-order valence-electron chi connectivity index (χ3n) is 1.91. The van der Waals surface area contributed by atoms with Gasteiger partial charge in [-0.05, 0) is 0 Å². The Labute approximate surface area is 96.2 Å². The molecule has 0 saturated heterocycles. The van der Waals surface area contributed by atoms with Crippen molar-refractivity contribution in [3.63, 3.8) is 0 Å². The van der Waals surface area contributed by atoms with Gasteiger partial charge in [0.15, 0.2) is 0 Å². The van der Waals surface area contributed by atoms with Crippen molar-refractivity contribution in [1.29, 1.82) is 0 Å². The van der Waals surface area contributed by atoms with Gasteiger partial charge in [0, 0.05) is 0 Å². The molecule has 0 spiro atoms. The standard InChI is InChI=1S/C9H9OTe.HI/c1-11-6-8(10)7-4-2-3-5-9(7)11;/h2-5H,6H2,1H3;1H/q+1;/p-1. The summed E-state index contributed by atoms with van der Waals surface area (Å²) in [6.07, 6.45) is 0. The van der Waals surface area contributed by atoms with Crippen LogP contribution >= 0.6 is 0 Å². The predicted octanol–water partition coefficient (Wildman–Crippen LogP) is -1.78. The maximum absolute atomic E-state index is 11.3. The van der Waals surface area contributed by atoms with E-state index < -0.39 is 19.6 Å². The molecule has 0 aromatic heterocycles. The minimum absolute atomic E-state index is 0. The van der Waals surface area contributed by atoms with E-state index in [9.17, 15) is 4.79 Å². The van der Waals surface area contributed by atoms with Gasteiger partial charge >= 0.3 is 73.0 Å². The molecule has 0 unspecified atom stereocenters. The molecule has 1 heterocycles. The number of benzene rings is 1. The molecule has 0 saturated carbocycles. The first-order chi connectivity index (χ1) is 5.29. The van der Waals surface area contributed by atoms with Crippen LogP contribution in [0, 0.1) is 0 Å². The van der Waals surface area contributed by atoms with E-state index in [-0.39, 0.29) is 24.0 Å². The van der Waals surface area contributed by atoms with Gasteiger partial charge in [0.25, 0.3) is 0 Å². The average Bonchev–Trinajstić information content (AvgIpc) is 2.30. The van der Waals surface area contributed by atoms with Gasteiger partial charge in [0.2, 0.25) is 0 Å². The minimum atomic E-state index is -1.14. The van der Waals surface area contributed by atoms with Gasteiger partial charge in [0.05, 0.1) is 0 Å². The van der Waals surface area contributed by atoms with E-state index in [1.807, 2.05) is 18.2 Å². The molecule has 1 aromatic carbocycles. The van der Waals surface area contributed by atoms with Gasteiger partial charge in [-0.3, -0.25) is 0 Å². The zero-order valence-electron chi connectivity index (χ0n) is 6.71. The summed E-state index contributed by atoms with van der Waals surface area (Å²) in [6.45, 7) is 0. The van der Waals surface area contributed by atoms with Gasteiger partial charge in [-0.2, -0.15) is 0 Å². The maximum Gasteiger partial charge on any atom is -1.00 e. The fraction of sp³-hybridized carbons (Fsp3) is 0.222. The summed E-state index contributed by atoms with van der Waals surface area (Å²) < 4.78 is 2.25. The molecule has 12 heavy (non-hydrogen) atoms. The third-order valence-corrected chi connectivity index (χ3v) is 7.05. The second-order valence-corrected chi connectivity index (χ2v) is 8.42. The van der Waals surface area contributed by atoms with E-state index in [1.54, 1.807) is 0 Å². The number of rotatable bonds is 0. The van der Waals surface area contributed by atoms with Crippen molar-refractivity contribution >= 4 is 28.9 Å². The van der Waals surface area contributed by atoms with Crippen molar-refractivity contribution in [2.45, 2.75) is 9.44 Å². The van der Waals surface area contributed by atoms with Gasteiger partial charge in [-0.15, -0.1) is 0 Å². The molecule has 1 aliphatic rings. The molecule has 0 N–H and O–H groups in total. The average molecular weight is 388 g/mol. The molecule has 0 bridgehead atoms. The Morgan fingerprint density at radius 2 is 2.00 bits per heavy atom. The van der Waals surface area contributed by atoms with Crippen LogP contribution in [-0.2, 0) is 0 Å². The Hall–Kier alpha value is 0.410. The number of hydrogen-bond donors (Lipinski definition) is 0. The Kier molecular flexibility index (Phi) is 3.57. The number of halogens is 1. The van der Waals surface area contributed by atoms with E-state index >= 15 is 0 Å². The summed E-state index contributed by atoms with van der Waals surface area (Å²) in [6, 6.07) is 8.07. The van der Waals surface area contributed by atoms with Gasteiger partial charge in [-0.1, -0.05) is 0 Å². The van der Waals surface area contributed by atoms with Crippen LogP contribution in [0.5, 0.6) is 0 Å². The van der Waals surface area contributed by atoms with Crippen LogP contribution < -0.4 is 27.6 Å². The zero-order chi connectivity index (χ0) is 7.84. The molecule has 64 valence electrons. The zero-order valence-corrected chi connectivity index (χ0v) is 11.2. The topological polar surface area (TPSA) is 17.1 Å². The predicted molar refractivity (Wildman–Crippen MR) is 46.8 cm³/mol. The van der Waals surface area contributed by atoms with Gasteiger partial charge < -0.3 is 24.0 Å². The second kappa shape index (κ2) is 4.08. The van der Waals surface area contributed by atoms with Crippen molar-refractivity contribution < 1.29 is 28.8 Å². The molecule has 1 aliphatic heterocycles. The maximum atomic E-state index is 11.3. The van der Waals surface area contributed by atoms with E-state index in [0.29, 0.717) is 5.78 Å². The Balaban J connectivity index is 0.000000720. The SMILES string of the molecule is C[Te+]1CC(=O)c2ccccc21.[I-]. The number of fused-ring (bicyclic) bond motifs is 1. The first-order valence-electron chi connectivity index (χ1n) is 3.54. The van der Waals surface area contributed by atoms with Crippen molar-refractivity contribution in [3.8, 4) is 0 Å². The van der Waals surface area contributed by atoms with Crippen LogP contribution in [-0.4, -0.2) is 25.3 Å². The summed E-state index contributed by atoms with van der Waals surface area (Å²) in [5.41, 5.74) is 1.01. The fourth-order valence-corrected chi connectivity index (χ4v) is 5.84. The number of carbonyl (C=O) groups is 1. The largest absolute Gasteiger partial charge is 1.00 e. The molecule has 0 atom stereocenters. The van der Waals surface area contributed by atoms with Crippen molar-refractivity contribution in [3.05, 3.63) is 29.8 Å². The summed E-state index contributed by atoms with van der Waals surface area (Å²) >= 11 is -1.14. The normalized spacial score (nSPS) is 15.6. The van der Waals surface area contributed by atoms with Crippen LogP contribution in [0.1, 0.15) is 10.4 Å². The second-order valence-electron chi connectivity index (χ2n) is 2.70. The Morgan fingerprint density at radius 1 is 1.33 bits per heavy atom. The molecule has 0 radical (unpaired) electrons. The molecule has 0 amide bonds. The molecule has 1 aromatic rings. The van der Waals surface area contributed by atoms with Crippen LogP contribution in [0.15, 0.2) is 24.3 Å². The number of Topliss-reactive ketones (excluding diaryl/α,β-unsaturated/α-hetero) is 1. The van der Waals surface area contributed by atoms with Crippen LogP contribution in [0.2, 0.25) is 9.44 Å². The molecule has 1 nitrogen and oxygen atoms in total. The van der Waals surface area contributed by atoms with Crippen molar-refractivity contribution in [1.82, 2.24) is 0 Å². The first-order valence-corrected chi connectivity index (χ1v) is 8.68. The van der Waals surface area contributed by atoms with E-state index in [4.69, 9.17) is 0 Å². The number of ketones is 1. The van der Waals surface area contributed by atoms with Crippen LogP contribution in [0.25, 0.3) is 0 Å². The Bertz CT molecular complexity index is 311. The van der Waals surface area contributed by atoms with E-state index in [0.717, 1.165) is 10.0 Å². The molecule has 2 rings (SSSR count). The number of hydrogen-bond acceptors (Lipinski definition) is 1. The smallest absolute Gasteiger partial charge is 1.00 e. The van der Waals surface area contributed by atoms with Crippen molar-refractivity contribution in [2.75, 3.05) is 0 Å². The molecular weight excluding hydrogens is 379 g/mol. The van der Waals surface area contributed by atoms with Crippen molar-refractivity contribution in [2.24, 2.45) is 0 Å². The quantitative estimate of drug-likeness (QED) is 0.380. The van der Waals surface area contributed by atoms with Crippen LogP contribution in [0.4, 0.5) is 0 Å². The Morgan fingerprint density at radius 3 is 2.67 bits per heavy atom. The fourth-order valence-electron chi connectivity index (χ4n) is 1.35. The third kappa shape index (κ3) is 1.68. The summed E-state index contributed by atoms with van der Waals surface area (Å²) in [7, 11) is 0. The molecule has 0 fully saturated rings.